The highest BCUT2D eigenvalue weighted by Crippen LogP contribution is 2.30. The van der Waals surface area contributed by atoms with Crippen LogP contribution < -0.4 is 0 Å². The molecule has 2 aromatic carbocycles. The van der Waals surface area contributed by atoms with Crippen molar-refractivity contribution >= 4 is 11.6 Å². The van der Waals surface area contributed by atoms with Crippen LogP contribution in [0.5, 0.6) is 0 Å². The number of halogens is 4. The molecule has 3 rings (SSSR count). The van der Waals surface area contributed by atoms with Gasteiger partial charge in [0.05, 0.1) is 25.0 Å². The van der Waals surface area contributed by atoms with Gasteiger partial charge in [0.25, 0.3) is 0 Å². The second-order valence-electron chi connectivity index (χ2n) is 5.78. The average molecular weight is 381 g/mol. The number of alkyl halides is 3. The van der Waals surface area contributed by atoms with E-state index in [2.05, 4.69) is 4.98 Å². The van der Waals surface area contributed by atoms with Crippen LogP contribution in [-0.2, 0) is 24.1 Å². The Morgan fingerprint density at radius 2 is 1.81 bits per heavy atom. The van der Waals surface area contributed by atoms with Crippen molar-refractivity contribution in [2.24, 2.45) is 0 Å². The van der Waals surface area contributed by atoms with Crippen molar-refractivity contribution in [3.8, 4) is 0 Å². The number of imidazole rings is 1. The van der Waals surface area contributed by atoms with Crippen molar-refractivity contribution < 1.29 is 17.9 Å². The first kappa shape index (κ1) is 18.5. The normalized spacial score (nSPS) is 12.9. The van der Waals surface area contributed by atoms with Gasteiger partial charge in [-0.1, -0.05) is 41.9 Å². The second kappa shape index (κ2) is 7.93. The minimum atomic E-state index is -4.35. The standard InChI is InChI=1S/C19H16ClF3N2O/c20-17-4-2-1-3-16(17)18(11-25-10-9-24-13-25)26-12-14-5-7-15(8-6-14)19(21,22)23/h1-10,13,18H,11-12H2. The first-order chi connectivity index (χ1) is 12.4. The van der Waals surface area contributed by atoms with Gasteiger partial charge in [-0.15, -0.1) is 0 Å². The van der Waals surface area contributed by atoms with Crippen LogP contribution in [-0.4, -0.2) is 9.55 Å². The van der Waals surface area contributed by atoms with Crippen LogP contribution in [0.4, 0.5) is 13.2 Å². The van der Waals surface area contributed by atoms with Crippen LogP contribution in [0.15, 0.2) is 67.3 Å². The lowest BCUT2D eigenvalue weighted by atomic mass is 10.1. The quantitative estimate of drug-likeness (QED) is 0.563. The molecular formula is C19H16ClF3N2O. The van der Waals surface area contributed by atoms with Crippen LogP contribution >= 0.6 is 11.6 Å². The Morgan fingerprint density at radius 3 is 2.42 bits per heavy atom. The zero-order valence-electron chi connectivity index (χ0n) is 13.7. The summed E-state index contributed by atoms with van der Waals surface area (Å²) in [5.74, 6) is 0. The topological polar surface area (TPSA) is 27.1 Å². The number of ether oxygens (including phenoxy) is 1. The van der Waals surface area contributed by atoms with E-state index >= 15 is 0 Å². The molecule has 7 heteroatoms. The summed E-state index contributed by atoms with van der Waals surface area (Å²) in [6.07, 6.45) is 0.442. The Hall–Kier alpha value is -2.31. The minimum absolute atomic E-state index is 0.169. The highest BCUT2D eigenvalue weighted by molar-refractivity contribution is 6.31. The molecule has 0 bridgehead atoms. The van der Waals surface area contributed by atoms with Gasteiger partial charge in [-0.05, 0) is 23.8 Å². The van der Waals surface area contributed by atoms with E-state index in [9.17, 15) is 13.2 Å². The van der Waals surface area contributed by atoms with Crippen molar-refractivity contribution in [1.29, 1.82) is 0 Å². The fraction of sp³-hybridized carbons (Fsp3) is 0.211. The molecule has 0 spiro atoms. The molecule has 26 heavy (non-hydrogen) atoms. The van der Waals surface area contributed by atoms with Gasteiger partial charge in [0, 0.05) is 23.0 Å². The maximum absolute atomic E-state index is 12.7. The highest BCUT2D eigenvalue weighted by atomic mass is 35.5. The van der Waals surface area contributed by atoms with Gasteiger partial charge in [0.15, 0.2) is 0 Å². The summed E-state index contributed by atoms with van der Waals surface area (Å²) < 4.78 is 45.8. The lowest BCUT2D eigenvalue weighted by Crippen LogP contribution is -2.12. The summed E-state index contributed by atoms with van der Waals surface area (Å²) in [6, 6.07) is 12.3. The van der Waals surface area contributed by atoms with E-state index in [0.29, 0.717) is 17.1 Å². The Balaban J connectivity index is 1.74. The van der Waals surface area contributed by atoms with Crippen LogP contribution in [0, 0.1) is 0 Å². The summed E-state index contributed by atoms with van der Waals surface area (Å²) in [7, 11) is 0. The lowest BCUT2D eigenvalue weighted by Gasteiger charge is -2.20. The van der Waals surface area contributed by atoms with Crippen molar-refractivity contribution in [1.82, 2.24) is 9.55 Å². The Bertz CT molecular complexity index is 833. The smallest absolute Gasteiger partial charge is 0.367 e. The lowest BCUT2D eigenvalue weighted by molar-refractivity contribution is -0.137. The van der Waals surface area contributed by atoms with E-state index in [4.69, 9.17) is 16.3 Å². The molecule has 0 saturated heterocycles. The van der Waals surface area contributed by atoms with E-state index < -0.39 is 11.7 Å². The van der Waals surface area contributed by atoms with Gasteiger partial charge in [-0.2, -0.15) is 13.2 Å². The summed E-state index contributed by atoms with van der Waals surface area (Å²) >= 11 is 6.28. The number of benzene rings is 2. The number of rotatable bonds is 6. The van der Waals surface area contributed by atoms with Gasteiger partial charge >= 0.3 is 6.18 Å². The second-order valence-corrected chi connectivity index (χ2v) is 6.18. The molecule has 0 fully saturated rings. The fourth-order valence-corrected chi connectivity index (χ4v) is 2.81. The molecule has 0 aliphatic carbocycles. The SMILES string of the molecule is FC(F)(F)c1ccc(COC(Cn2ccnc2)c2ccccc2Cl)cc1. The predicted octanol–water partition coefficient (Wildman–Crippen LogP) is 5.51. The Labute approximate surface area is 154 Å². The molecule has 136 valence electrons. The zero-order valence-corrected chi connectivity index (χ0v) is 14.4. The largest absolute Gasteiger partial charge is 0.416 e. The molecule has 0 aliphatic heterocycles. The number of aromatic nitrogens is 2. The molecule has 0 N–H and O–H groups in total. The number of hydrogen-bond acceptors (Lipinski definition) is 2. The Kier molecular flexibility index (Phi) is 5.64. The summed E-state index contributed by atoms with van der Waals surface area (Å²) in [5, 5.41) is 0.574. The van der Waals surface area contributed by atoms with Crippen LogP contribution in [0.2, 0.25) is 5.02 Å². The van der Waals surface area contributed by atoms with Crippen molar-refractivity contribution in [3.05, 3.63) is 89.0 Å². The molecule has 3 nitrogen and oxygen atoms in total. The van der Waals surface area contributed by atoms with Crippen LogP contribution in [0.1, 0.15) is 22.8 Å². The van der Waals surface area contributed by atoms with E-state index in [-0.39, 0.29) is 12.7 Å². The molecule has 0 amide bonds. The maximum atomic E-state index is 12.7. The average Bonchev–Trinajstić information content (AvgIpc) is 3.12. The molecule has 0 aliphatic rings. The molecular weight excluding hydrogens is 365 g/mol. The van der Waals surface area contributed by atoms with E-state index in [1.54, 1.807) is 18.6 Å². The van der Waals surface area contributed by atoms with E-state index in [1.807, 2.05) is 29.0 Å². The van der Waals surface area contributed by atoms with Gasteiger partial charge in [0.2, 0.25) is 0 Å². The Morgan fingerprint density at radius 1 is 1.08 bits per heavy atom. The van der Waals surface area contributed by atoms with Crippen molar-refractivity contribution in [2.45, 2.75) is 25.4 Å². The molecule has 1 heterocycles. The fourth-order valence-electron chi connectivity index (χ4n) is 2.55. The number of hydrogen-bond donors (Lipinski definition) is 0. The first-order valence-corrected chi connectivity index (χ1v) is 8.29. The molecule has 1 aromatic heterocycles. The summed E-state index contributed by atoms with van der Waals surface area (Å²) in [4.78, 5) is 4.01. The highest BCUT2D eigenvalue weighted by Gasteiger charge is 2.30. The summed E-state index contributed by atoms with van der Waals surface area (Å²) in [6.45, 7) is 0.660. The monoisotopic (exact) mass is 380 g/mol. The third-order valence-electron chi connectivity index (χ3n) is 3.92. The third kappa shape index (κ3) is 4.65. The van der Waals surface area contributed by atoms with Crippen molar-refractivity contribution in [3.63, 3.8) is 0 Å². The van der Waals surface area contributed by atoms with Gasteiger partial charge in [-0.25, -0.2) is 4.98 Å². The van der Waals surface area contributed by atoms with E-state index in [1.165, 1.54) is 12.1 Å². The molecule has 3 aromatic rings. The zero-order chi connectivity index (χ0) is 18.6. The molecule has 1 unspecified atom stereocenters. The van der Waals surface area contributed by atoms with Crippen LogP contribution in [0.3, 0.4) is 0 Å². The minimum Gasteiger partial charge on any atom is -0.367 e. The third-order valence-corrected chi connectivity index (χ3v) is 4.26. The molecule has 1 atom stereocenters. The summed E-state index contributed by atoms with van der Waals surface area (Å²) in [5.41, 5.74) is 0.790. The van der Waals surface area contributed by atoms with Crippen LogP contribution in [0.25, 0.3) is 0 Å². The first-order valence-electron chi connectivity index (χ1n) is 7.91. The van der Waals surface area contributed by atoms with Gasteiger partial charge < -0.3 is 9.30 Å². The predicted molar refractivity (Wildman–Crippen MR) is 92.7 cm³/mol. The molecule has 0 saturated carbocycles. The maximum Gasteiger partial charge on any atom is 0.416 e. The number of nitrogens with zero attached hydrogens (tertiary/aromatic N) is 2. The van der Waals surface area contributed by atoms with Gasteiger partial charge in [-0.3, -0.25) is 0 Å². The molecule has 0 radical (unpaired) electrons. The van der Waals surface area contributed by atoms with Crippen molar-refractivity contribution in [2.75, 3.05) is 0 Å². The van der Waals surface area contributed by atoms with E-state index in [0.717, 1.165) is 17.7 Å². The van der Waals surface area contributed by atoms with Gasteiger partial charge in [0.1, 0.15) is 6.10 Å².